The Hall–Kier alpha value is -1.87. The van der Waals surface area contributed by atoms with Crippen LogP contribution in [0, 0.1) is 6.92 Å². The minimum atomic E-state index is -0.115. The van der Waals surface area contributed by atoms with E-state index in [1.54, 1.807) is 4.57 Å². The van der Waals surface area contributed by atoms with Gasteiger partial charge >= 0.3 is 0 Å². The number of hydrogen-bond acceptors (Lipinski definition) is 2. The molecule has 0 amide bonds. The Bertz CT molecular complexity index is 678. The van der Waals surface area contributed by atoms with Crippen LogP contribution in [0.4, 0.5) is 0 Å². The van der Waals surface area contributed by atoms with Gasteiger partial charge in [-0.2, -0.15) is 0 Å². The molecule has 0 aliphatic carbocycles. The second-order valence-corrected chi connectivity index (χ2v) is 6.18. The largest absolute Gasteiger partial charge is 0.326 e. The zero-order valence-corrected chi connectivity index (χ0v) is 12.6. The van der Waals surface area contributed by atoms with Crippen molar-refractivity contribution in [2.45, 2.75) is 39.7 Å². The number of benzene rings is 1. The summed E-state index contributed by atoms with van der Waals surface area (Å²) in [5.74, 6) is 0. The van der Waals surface area contributed by atoms with E-state index in [4.69, 9.17) is 5.73 Å². The third kappa shape index (κ3) is 2.68. The highest BCUT2D eigenvalue weighted by Gasteiger charge is 2.20. The molecule has 0 aliphatic rings. The molecule has 0 saturated carbocycles. The van der Waals surface area contributed by atoms with Crippen LogP contribution in [0.5, 0.6) is 0 Å². The molecule has 3 heteroatoms. The lowest BCUT2D eigenvalue weighted by Crippen LogP contribution is -2.31. The Kier molecular flexibility index (Phi) is 3.82. The maximum atomic E-state index is 12.7. The second-order valence-electron chi connectivity index (χ2n) is 6.18. The van der Waals surface area contributed by atoms with Gasteiger partial charge in [-0.3, -0.25) is 9.36 Å². The summed E-state index contributed by atoms with van der Waals surface area (Å²) in [5, 5.41) is 0. The van der Waals surface area contributed by atoms with Gasteiger partial charge in [-0.1, -0.05) is 39.0 Å². The van der Waals surface area contributed by atoms with Crippen LogP contribution < -0.4 is 11.3 Å². The molecule has 1 aromatic heterocycles. The molecular formula is C17H22N2O. The topological polar surface area (TPSA) is 48.0 Å². The zero-order valence-electron chi connectivity index (χ0n) is 12.6. The molecule has 0 atom stereocenters. The molecule has 1 aromatic carbocycles. The summed E-state index contributed by atoms with van der Waals surface area (Å²) >= 11 is 0. The monoisotopic (exact) mass is 270 g/mol. The van der Waals surface area contributed by atoms with Crippen LogP contribution >= 0.6 is 0 Å². The van der Waals surface area contributed by atoms with Crippen LogP contribution in [-0.2, 0) is 12.0 Å². The van der Waals surface area contributed by atoms with Crippen LogP contribution in [0.25, 0.3) is 5.69 Å². The van der Waals surface area contributed by atoms with Crippen molar-refractivity contribution in [2.75, 3.05) is 0 Å². The van der Waals surface area contributed by atoms with Crippen LogP contribution in [0.2, 0.25) is 0 Å². The van der Waals surface area contributed by atoms with Gasteiger partial charge in [-0.15, -0.1) is 0 Å². The molecule has 2 N–H and O–H groups in total. The van der Waals surface area contributed by atoms with Gasteiger partial charge in [-0.25, -0.2) is 0 Å². The highest BCUT2D eigenvalue weighted by atomic mass is 16.1. The number of aromatic nitrogens is 1. The number of rotatable bonds is 2. The maximum absolute atomic E-state index is 12.7. The fourth-order valence-electron chi connectivity index (χ4n) is 2.34. The van der Waals surface area contributed by atoms with Gasteiger partial charge in [0.05, 0.1) is 0 Å². The second kappa shape index (κ2) is 5.25. The Balaban J connectivity index is 2.81. The first-order chi connectivity index (χ1) is 9.34. The normalized spacial score (nSPS) is 11.7. The molecule has 0 radical (unpaired) electrons. The molecule has 2 rings (SSSR count). The summed E-state index contributed by atoms with van der Waals surface area (Å²) in [6.45, 7) is 8.61. The molecule has 20 heavy (non-hydrogen) atoms. The SMILES string of the molecule is Cc1cccc(-n2c(C(C)(C)C)ccc(CN)c2=O)c1. The molecule has 0 spiro atoms. The van der Waals surface area contributed by atoms with Crippen molar-refractivity contribution < 1.29 is 0 Å². The van der Waals surface area contributed by atoms with Crippen LogP contribution in [0.1, 0.15) is 37.6 Å². The van der Waals surface area contributed by atoms with Crippen LogP contribution in [0.3, 0.4) is 0 Å². The fourth-order valence-corrected chi connectivity index (χ4v) is 2.34. The minimum Gasteiger partial charge on any atom is -0.326 e. The van der Waals surface area contributed by atoms with Crippen molar-refractivity contribution in [3.8, 4) is 5.69 Å². The first-order valence-electron chi connectivity index (χ1n) is 6.87. The summed E-state index contributed by atoms with van der Waals surface area (Å²) in [5.41, 5.74) is 9.20. The Labute approximate surface area is 120 Å². The Morgan fingerprint density at radius 3 is 2.40 bits per heavy atom. The summed E-state index contributed by atoms with van der Waals surface area (Å²) in [6.07, 6.45) is 0. The smallest absolute Gasteiger partial charge is 0.259 e. The fraction of sp³-hybridized carbons (Fsp3) is 0.353. The summed E-state index contributed by atoms with van der Waals surface area (Å²) < 4.78 is 1.79. The van der Waals surface area contributed by atoms with E-state index in [0.717, 1.165) is 16.9 Å². The van der Waals surface area contributed by atoms with Gasteiger partial charge in [0, 0.05) is 28.9 Å². The van der Waals surface area contributed by atoms with Gasteiger partial charge < -0.3 is 5.73 Å². The van der Waals surface area contributed by atoms with Crippen LogP contribution in [0.15, 0.2) is 41.2 Å². The van der Waals surface area contributed by atoms with Gasteiger partial charge in [0.15, 0.2) is 0 Å². The molecule has 1 heterocycles. The predicted octanol–water partition coefficient (Wildman–Crippen LogP) is 2.90. The lowest BCUT2D eigenvalue weighted by Gasteiger charge is -2.25. The number of nitrogens with two attached hydrogens (primary N) is 1. The number of pyridine rings is 1. The van der Waals surface area contributed by atoms with E-state index in [9.17, 15) is 4.79 Å². The van der Waals surface area contributed by atoms with E-state index in [1.807, 2.05) is 43.3 Å². The van der Waals surface area contributed by atoms with Crippen LogP contribution in [-0.4, -0.2) is 4.57 Å². The highest BCUT2D eigenvalue weighted by molar-refractivity contribution is 5.40. The van der Waals surface area contributed by atoms with Gasteiger partial charge in [0.25, 0.3) is 5.56 Å². The van der Waals surface area contributed by atoms with E-state index in [2.05, 4.69) is 20.8 Å². The lowest BCUT2D eigenvalue weighted by atomic mass is 9.90. The lowest BCUT2D eigenvalue weighted by molar-refractivity contribution is 0.546. The summed E-state index contributed by atoms with van der Waals surface area (Å²) in [6, 6.07) is 11.8. The predicted molar refractivity (Wildman–Crippen MR) is 83.4 cm³/mol. The van der Waals surface area contributed by atoms with Crippen molar-refractivity contribution >= 4 is 0 Å². The maximum Gasteiger partial charge on any atom is 0.259 e. The van der Waals surface area contributed by atoms with E-state index >= 15 is 0 Å². The van der Waals surface area contributed by atoms with E-state index in [1.165, 1.54) is 0 Å². The van der Waals surface area contributed by atoms with E-state index < -0.39 is 0 Å². The molecule has 0 fully saturated rings. The van der Waals surface area contributed by atoms with Crippen molar-refractivity contribution in [3.63, 3.8) is 0 Å². The van der Waals surface area contributed by atoms with E-state index in [0.29, 0.717) is 5.56 Å². The third-order valence-electron chi connectivity index (χ3n) is 3.41. The Morgan fingerprint density at radius 2 is 1.85 bits per heavy atom. The highest BCUT2D eigenvalue weighted by Crippen LogP contribution is 2.24. The Morgan fingerprint density at radius 1 is 1.15 bits per heavy atom. The molecule has 106 valence electrons. The average molecular weight is 270 g/mol. The molecule has 2 aromatic rings. The minimum absolute atomic E-state index is 0.0227. The standard InChI is InChI=1S/C17H22N2O/c1-12-6-5-7-14(10-12)19-15(17(2,3)4)9-8-13(11-18)16(19)20/h5-10H,11,18H2,1-4H3. The van der Waals surface area contributed by atoms with E-state index in [-0.39, 0.29) is 17.5 Å². The van der Waals surface area contributed by atoms with Gasteiger partial charge in [0.1, 0.15) is 0 Å². The van der Waals surface area contributed by atoms with Crippen molar-refractivity contribution in [1.82, 2.24) is 4.57 Å². The zero-order chi connectivity index (χ0) is 14.9. The number of nitrogens with zero attached hydrogens (tertiary/aromatic N) is 1. The van der Waals surface area contributed by atoms with Crippen molar-refractivity contribution in [2.24, 2.45) is 5.73 Å². The van der Waals surface area contributed by atoms with Gasteiger partial charge in [0.2, 0.25) is 0 Å². The molecule has 0 aliphatic heterocycles. The summed E-state index contributed by atoms with van der Waals surface area (Å²) in [7, 11) is 0. The first kappa shape index (κ1) is 14.5. The van der Waals surface area contributed by atoms with Crippen molar-refractivity contribution in [3.05, 3.63) is 63.6 Å². The number of hydrogen-bond donors (Lipinski definition) is 1. The van der Waals surface area contributed by atoms with Crippen molar-refractivity contribution in [1.29, 1.82) is 0 Å². The summed E-state index contributed by atoms with van der Waals surface area (Å²) in [4.78, 5) is 12.7. The molecule has 0 unspecified atom stereocenters. The molecule has 0 saturated heterocycles. The van der Waals surface area contributed by atoms with Gasteiger partial charge in [-0.05, 0) is 30.7 Å². The molecule has 3 nitrogen and oxygen atoms in total. The number of aryl methyl sites for hydroxylation is 1. The first-order valence-corrected chi connectivity index (χ1v) is 6.87. The average Bonchev–Trinajstić information content (AvgIpc) is 2.37. The third-order valence-corrected chi connectivity index (χ3v) is 3.41. The molecule has 0 bridgehead atoms. The quantitative estimate of drug-likeness (QED) is 0.912. The molecular weight excluding hydrogens is 248 g/mol.